The number of benzene rings is 3. The van der Waals surface area contributed by atoms with Crippen molar-refractivity contribution >= 4 is 27.6 Å². The minimum atomic E-state index is -4.00. The van der Waals surface area contributed by atoms with Crippen molar-refractivity contribution in [3.63, 3.8) is 0 Å². The van der Waals surface area contributed by atoms with E-state index in [1.807, 2.05) is 18.2 Å². The quantitative estimate of drug-likeness (QED) is 0.387. The molecule has 3 aromatic rings. The van der Waals surface area contributed by atoms with Gasteiger partial charge in [0.15, 0.2) is 0 Å². The molecule has 10 heteroatoms. The minimum Gasteiger partial charge on any atom is -0.480 e. The summed E-state index contributed by atoms with van der Waals surface area (Å²) in [6.07, 6.45) is 2.28. The highest BCUT2D eigenvalue weighted by Gasteiger charge is 2.29. The zero-order chi connectivity index (χ0) is 28.0. The van der Waals surface area contributed by atoms with E-state index in [0.29, 0.717) is 12.2 Å². The van der Waals surface area contributed by atoms with Gasteiger partial charge in [-0.15, -0.1) is 0 Å². The molecule has 1 amide bonds. The molecule has 206 valence electrons. The fourth-order valence-corrected chi connectivity index (χ4v) is 6.16. The number of carbonyl (C=O) groups is 2. The van der Waals surface area contributed by atoms with Gasteiger partial charge in [-0.2, -0.15) is 0 Å². The van der Waals surface area contributed by atoms with Crippen LogP contribution in [-0.2, 0) is 21.2 Å². The SMILES string of the molecule is CN(C(=O)c1ccc(N(CCN2CCCC2)S(=O)(=O)c2ccc(F)cc2)cc1)[C@@H](Cc1ccccc1)C(=O)O. The first-order valence-corrected chi connectivity index (χ1v) is 14.3. The molecule has 0 saturated carbocycles. The van der Waals surface area contributed by atoms with Crippen LogP contribution in [0, 0.1) is 5.82 Å². The van der Waals surface area contributed by atoms with E-state index in [9.17, 15) is 27.5 Å². The maximum atomic E-state index is 13.6. The van der Waals surface area contributed by atoms with Crippen LogP contribution in [0.15, 0.2) is 83.8 Å². The van der Waals surface area contributed by atoms with Gasteiger partial charge in [-0.25, -0.2) is 17.6 Å². The van der Waals surface area contributed by atoms with Crippen molar-refractivity contribution in [2.24, 2.45) is 0 Å². The van der Waals surface area contributed by atoms with Crippen LogP contribution in [0.5, 0.6) is 0 Å². The average molecular weight is 554 g/mol. The summed E-state index contributed by atoms with van der Waals surface area (Å²) < 4.78 is 41.9. The predicted molar refractivity (Wildman–Crippen MR) is 147 cm³/mol. The van der Waals surface area contributed by atoms with Gasteiger partial charge in [0.2, 0.25) is 0 Å². The third kappa shape index (κ3) is 6.82. The fourth-order valence-electron chi connectivity index (χ4n) is 4.70. The van der Waals surface area contributed by atoms with Gasteiger partial charge in [0.05, 0.1) is 10.6 Å². The van der Waals surface area contributed by atoms with Crippen LogP contribution in [0.2, 0.25) is 0 Å². The molecule has 1 saturated heterocycles. The number of amides is 1. The molecule has 1 N–H and O–H groups in total. The first kappa shape index (κ1) is 28.3. The monoisotopic (exact) mass is 553 g/mol. The number of hydrogen-bond acceptors (Lipinski definition) is 5. The number of hydrogen-bond donors (Lipinski definition) is 1. The zero-order valence-electron chi connectivity index (χ0n) is 21.7. The Balaban J connectivity index is 1.57. The van der Waals surface area contributed by atoms with Crippen LogP contribution in [0.4, 0.5) is 10.1 Å². The number of rotatable bonds is 11. The zero-order valence-corrected chi connectivity index (χ0v) is 22.6. The number of anilines is 1. The summed E-state index contributed by atoms with van der Waals surface area (Å²) in [5, 5.41) is 9.79. The minimum absolute atomic E-state index is 0.0320. The van der Waals surface area contributed by atoms with Crippen LogP contribution < -0.4 is 4.31 Å². The van der Waals surface area contributed by atoms with Crippen molar-refractivity contribution in [1.82, 2.24) is 9.80 Å². The Morgan fingerprint density at radius 1 is 0.949 bits per heavy atom. The molecule has 1 aliphatic heterocycles. The Kier molecular flexibility index (Phi) is 8.98. The Bertz CT molecular complexity index is 1380. The number of carboxylic acids is 1. The number of halogens is 1. The number of likely N-dealkylation sites (tertiary alicyclic amines) is 1. The third-order valence-electron chi connectivity index (χ3n) is 6.97. The first-order chi connectivity index (χ1) is 18.7. The van der Waals surface area contributed by atoms with E-state index in [-0.39, 0.29) is 23.4 Å². The summed E-state index contributed by atoms with van der Waals surface area (Å²) >= 11 is 0. The van der Waals surface area contributed by atoms with Crippen LogP contribution in [0.1, 0.15) is 28.8 Å². The van der Waals surface area contributed by atoms with Gasteiger partial charge in [-0.3, -0.25) is 9.10 Å². The molecule has 1 fully saturated rings. The lowest BCUT2D eigenvalue weighted by Gasteiger charge is -2.28. The van der Waals surface area contributed by atoms with E-state index in [0.717, 1.165) is 43.6 Å². The molecular formula is C29H32FN3O5S. The summed E-state index contributed by atoms with van der Waals surface area (Å²) in [5.74, 6) is -2.14. The fraction of sp³-hybridized carbons (Fsp3) is 0.310. The van der Waals surface area contributed by atoms with E-state index < -0.39 is 33.8 Å². The van der Waals surface area contributed by atoms with Gasteiger partial charge in [-0.05, 0) is 80.0 Å². The average Bonchev–Trinajstić information content (AvgIpc) is 3.46. The smallest absolute Gasteiger partial charge is 0.326 e. The van der Waals surface area contributed by atoms with E-state index >= 15 is 0 Å². The van der Waals surface area contributed by atoms with E-state index in [4.69, 9.17) is 0 Å². The van der Waals surface area contributed by atoms with Gasteiger partial charge in [-0.1, -0.05) is 30.3 Å². The van der Waals surface area contributed by atoms with Crippen LogP contribution in [0.25, 0.3) is 0 Å². The Hall–Kier alpha value is -3.76. The lowest BCUT2D eigenvalue weighted by Crippen LogP contribution is -2.43. The molecule has 8 nitrogen and oxygen atoms in total. The molecule has 0 radical (unpaired) electrons. The molecule has 0 bridgehead atoms. The number of aliphatic carboxylic acids is 1. The van der Waals surface area contributed by atoms with Crippen molar-refractivity contribution in [3.8, 4) is 0 Å². The van der Waals surface area contributed by atoms with E-state index in [1.165, 1.54) is 40.5 Å². The Labute approximate surface area is 228 Å². The molecule has 0 unspecified atom stereocenters. The molecule has 0 aliphatic carbocycles. The van der Waals surface area contributed by atoms with Gasteiger partial charge < -0.3 is 14.9 Å². The summed E-state index contributed by atoms with van der Waals surface area (Å²) in [4.78, 5) is 28.5. The second-order valence-corrected chi connectivity index (χ2v) is 11.4. The molecule has 1 atom stereocenters. The first-order valence-electron chi connectivity index (χ1n) is 12.8. The molecule has 3 aromatic carbocycles. The number of carbonyl (C=O) groups excluding carboxylic acids is 1. The molecule has 4 rings (SSSR count). The number of nitrogens with zero attached hydrogens (tertiary/aromatic N) is 3. The van der Waals surface area contributed by atoms with E-state index in [2.05, 4.69) is 4.90 Å². The van der Waals surface area contributed by atoms with Crippen molar-refractivity contribution in [2.45, 2.75) is 30.2 Å². The molecule has 0 spiro atoms. The van der Waals surface area contributed by atoms with Crippen molar-refractivity contribution in [1.29, 1.82) is 0 Å². The van der Waals surface area contributed by atoms with E-state index in [1.54, 1.807) is 24.3 Å². The Morgan fingerprint density at radius 2 is 1.56 bits per heavy atom. The predicted octanol–water partition coefficient (Wildman–Crippen LogP) is 3.88. The third-order valence-corrected chi connectivity index (χ3v) is 8.81. The second-order valence-electron chi connectivity index (χ2n) is 9.59. The highest BCUT2D eigenvalue weighted by Crippen LogP contribution is 2.25. The van der Waals surface area contributed by atoms with Crippen LogP contribution in [0.3, 0.4) is 0 Å². The maximum absolute atomic E-state index is 13.6. The van der Waals surface area contributed by atoms with Gasteiger partial charge in [0.1, 0.15) is 11.9 Å². The summed E-state index contributed by atoms with van der Waals surface area (Å²) in [5.41, 5.74) is 1.38. The Morgan fingerprint density at radius 3 is 2.15 bits per heavy atom. The molecular weight excluding hydrogens is 521 g/mol. The summed E-state index contributed by atoms with van der Waals surface area (Å²) in [6.45, 7) is 2.52. The molecule has 1 heterocycles. The van der Waals surface area contributed by atoms with Gasteiger partial charge in [0, 0.05) is 32.1 Å². The number of carboxylic acid groups (broad SMARTS) is 1. The standard InChI is InChI=1S/C29H32FN3O5S/c1-31(27(29(35)36)21-22-7-3-2-4-8-22)28(34)23-9-13-25(14-10-23)33(20-19-32-17-5-6-18-32)39(37,38)26-15-11-24(30)12-16-26/h2-4,7-16,27H,5-6,17-21H2,1H3,(H,35,36)/t27-/m0/s1. The number of likely N-dealkylation sites (N-methyl/N-ethyl adjacent to an activating group) is 1. The summed E-state index contributed by atoms with van der Waals surface area (Å²) in [6, 6.07) is 18.8. The molecule has 1 aliphatic rings. The van der Waals surface area contributed by atoms with Crippen molar-refractivity contribution in [3.05, 3.63) is 95.8 Å². The van der Waals surface area contributed by atoms with Crippen molar-refractivity contribution in [2.75, 3.05) is 37.5 Å². The maximum Gasteiger partial charge on any atom is 0.326 e. The highest BCUT2D eigenvalue weighted by molar-refractivity contribution is 7.92. The molecule has 39 heavy (non-hydrogen) atoms. The summed E-state index contributed by atoms with van der Waals surface area (Å²) in [7, 11) is -2.56. The topological polar surface area (TPSA) is 98.2 Å². The lowest BCUT2D eigenvalue weighted by molar-refractivity contribution is -0.141. The lowest BCUT2D eigenvalue weighted by atomic mass is 10.0. The highest BCUT2D eigenvalue weighted by atomic mass is 32.2. The second kappa shape index (κ2) is 12.4. The van der Waals surface area contributed by atoms with Gasteiger partial charge >= 0.3 is 5.97 Å². The van der Waals surface area contributed by atoms with Crippen LogP contribution >= 0.6 is 0 Å². The largest absolute Gasteiger partial charge is 0.480 e. The van der Waals surface area contributed by atoms with Gasteiger partial charge in [0.25, 0.3) is 15.9 Å². The normalized spacial score (nSPS) is 14.6. The number of sulfonamides is 1. The van der Waals surface area contributed by atoms with Crippen molar-refractivity contribution < 1.29 is 27.5 Å². The van der Waals surface area contributed by atoms with Crippen LogP contribution in [-0.4, -0.2) is 74.5 Å². The molecule has 0 aromatic heterocycles.